The third kappa shape index (κ3) is 2.35. The topological polar surface area (TPSA) is 68.7 Å². The lowest BCUT2D eigenvalue weighted by Gasteiger charge is -2.09. The Kier molecular flexibility index (Phi) is 3.33. The van der Waals surface area contributed by atoms with Crippen molar-refractivity contribution in [2.45, 2.75) is 26.4 Å². The van der Waals surface area contributed by atoms with E-state index in [0.717, 1.165) is 34.6 Å². The van der Waals surface area contributed by atoms with Crippen LogP contribution in [-0.4, -0.2) is 29.3 Å². The Morgan fingerprint density at radius 2 is 2.29 bits per heavy atom. The minimum Gasteiger partial charge on any atom is -0.496 e. The van der Waals surface area contributed by atoms with Crippen molar-refractivity contribution in [3.8, 4) is 22.1 Å². The van der Waals surface area contributed by atoms with Gasteiger partial charge in [-0.2, -0.15) is 0 Å². The molecule has 1 atom stereocenters. The highest BCUT2D eigenvalue weighted by atomic mass is 32.1. The number of carboxylic acid groups (broad SMARTS) is 1. The maximum absolute atomic E-state index is 11.2. The van der Waals surface area contributed by atoms with Gasteiger partial charge in [-0.3, -0.25) is 0 Å². The van der Waals surface area contributed by atoms with Gasteiger partial charge in [0.1, 0.15) is 27.5 Å². The summed E-state index contributed by atoms with van der Waals surface area (Å²) >= 11 is 1.15. The molecule has 1 aliphatic rings. The molecule has 1 N–H and O–H groups in total. The molecule has 0 amide bonds. The Hall–Kier alpha value is -2.08. The summed E-state index contributed by atoms with van der Waals surface area (Å²) in [5.41, 5.74) is 2.39. The van der Waals surface area contributed by atoms with Gasteiger partial charge in [0, 0.05) is 12.0 Å². The van der Waals surface area contributed by atoms with Crippen LogP contribution < -0.4 is 9.47 Å². The molecule has 2 heterocycles. The van der Waals surface area contributed by atoms with Gasteiger partial charge in [-0.15, -0.1) is 11.3 Å². The molecule has 1 aromatic heterocycles. The fourth-order valence-electron chi connectivity index (χ4n) is 2.49. The van der Waals surface area contributed by atoms with Crippen molar-refractivity contribution < 1.29 is 19.4 Å². The van der Waals surface area contributed by atoms with Crippen molar-refractivity contribution in [1.29, 1.82) is 0 Å². The molecule has 2 aromatic rings. The van der Waals surface area contributed by atoms with E-state index >= 15 is 0 Å². The van der Waals surface area contributed by atoms with Crippen molar-refractivity contribution in [3.63, 3.8) is 0 Å². The first-order valence-electron chi connectivity index (χ1n) is 6.58. The van der Waals surface area contributed by atoms with Crippen molar-refractivity contribution in [2.75, 3.05) is 7.11 Å². The fourth-order valence-corrected chi connectivity index (χ4v) is 3.41. The van der Waals surface area contributed by atoms with Crippen LogP contribution in [0.1, 0.15) is 27.9 Å². The van der Waals surface area contributed by atoms with Crippen LogP contribution in [0.3, 0.4) is 0 Å². The van der Waals surface area contributed by atoms with Crippen molar-refractivity contribution >= 4 is 17.3 Å². The van der Waals surface area contributed by atoms with Gasteiger partial charge in [0.25, 0.3) is 0 Å². The van der Waals surface area contributed by atoms with E-state index in [0.29, 0.717) is 16.5 Å². The number of nitrogens with zero attached hydrogens (tertiary/aromatic N) is 1. The quantitative estimate of drug-likeness (QED) is 0.943. The molecule has 3 rings (SSSR count). The Morgan fingerprint density at radius 3 is 2.90 bits per heavy atom. The third-order valence-electron chi connectivity index (χ3n) is 3.44. The van der Waals surface area contributed by atoms with E-state index in [1.54, 1.807) is 14.0 Å². The lowest BCUT2D eigenvalue weighted by molar-refractivity contribution is 0.0701. The zero-order valence-corrected chi connectivity index (χ0v) is 12.8. The molecule has 5 nitrogen and oxygen atoms in total. The number of aromatic carboxylic acids is 1. The number of aromatic nitrogens is 1. The smallest absolute Gasteiger partial charge is 0.347 e. The normalized spacial score (nSPS) is 16.4. The molecular formula is C15H15NO4S. The minimum atomic E-state index is -0.957. The first kappa shape index (κ1) is 13.9. The predicted molar refractivity (Wildman–Crippen MR) is 79.6 cm³/mol. The highest BCUT2D eigenvalue weighted by molar-refractivity contribution is 7.17. The fraction of sp³-hybridized carbons (Fsp3) is 0.333. The summed E-state index contributed by atoms with van der Waals surface area (Å²) < 4.78 is 11.2. The Balaban J connectivity index is 2.12. The number of aryl methyl sites for hydroxylation is 1. The van der Waals surface area contributed by atoms with Gasteiger partial charge in [-0.1, -0.05) is 0 Å². The standard InChI is InChI=1S/C15H15NO4S/c1-7-4-9-5-12(19-3)10(6-11(9)20-7)14-16-8(2)13(21-14)15(17)18/h5-7H,4H2,1-3H3,(H,17,18). The van der Waals surface area contributed by atoms with Gasteiger partial charge in [-0.05, 0) is 26.0 Å². The number of carbonyl (C=O) groups is 1. The lowest BCUT2D eigenvalue weighted by atomic mass is 10.1. The number of methoxy groups -OCH3 is 1. The zero-order chi connectivity index (χ0) is 15.1. The molecule has 1 unspecified atom stereocenters. The Labute approximate surface area is 126 Å². The average Bonchev–Trinajstić information content (AvgIpc) is 2.98. The second-order valence-corrected chi connectivity index (χ2v) is 6.03. The van der Waals surface area contributed by atoms with Gasteiger partial charge >= 0.3 is 5.97 Å². The molecule has 6 heteroatoms. The van der Waals surface area contributed by atoms with Crippen molar-refractivity contribution in [1.82, 2.24) is 4.98 Å². The number of carboxylic acids is 1. The Bertz CT molecular complexity index is 723. The minimum absolute atomic E-state index is 0.146. The van der Waals surface area contributed by atoms with Gasteiger partial charge in [0.2, 0.25) is 0 Å². The summed E-state index contributed by atoms with van der Waals surface area (Å²) in [6.07, 6.45) is 0.996. The van der Waals surface area contributed by atoms with Crippen LogP contribution in [-0.2, 0) is 6.42 Å². The summed E-state index contributed by atoms with van der Waals surface area (Å²) in [6, 6.07) is 3.84. The number of fused-ring (bicyclic) bond motifs is 1. The van der Waals surface area contributed by atoms with E-state index in [4.69, 9.17) is 14.6 Å². The van der Waals surface area contributed by atoms with Crippen LogP contribution in [0.2, 0.25) is 0 Å². The van der Waals surface area contributed by atoms with E-state index in [1.807, 2.05) is 19.1 Å². The third-order valence-corrected chi connectivity index (χ3v) is 4.62. The summed E-state index contributed by atoms with van der Waals surface area (Å²) in [6.45, 7) is 3.71. The van der Waals surface area contributed by atoms with E-state index in [1.165, 1.54) is 0 Å². The largest absolute Gasteiger partial charge is 0.496 e. The molecule has 1 aromatic carbocycles. The molecule has 0 bridgehead atoms. The molecular weight excluding hydrogens is 290 g/mol. The molecule has 110 valence electrons. The van der Waals surface area contributed by atoms with Gasteiger partial charge in [0.15, 0.2) is 0 Å². The summed E-state index contributed by atoms with van der Waals surface area (Å²) in [5, 5.41) is 9.79. The van der Waals surface area contributed by atoms with Crippen molar-refractivity contribution in [2.24, 2.45) is 0 Å². The van der Waals surface area contributed by atoms with E-state index in [-0.39, 0.29) is 11.0 Å². The van der Waals surface area contributed by atoms with Crippen LogP contribution in [0.15, 0.2) is 12.1 Å². The number of hydrogen-bond donors (Lipinski definition) is 1. The maximum Gasteiger partial charge on any atom is 0.347 e. The molecule has 0 fully saturated rings. The summed E-state index contributed by atoms with van der Waals surface area (Å²) in [5.74, 6) is 0.557. The van der Waals surface area contributed by atoms with Crippen LogP contribution in [0.4, 0.5) is 0 Å². The van der Waals surface area contributed by atoms with Crippen LogP contribution in [0, 0.1) is 6.92 Å². The van der Waals surface area contributed by atoms with E-state index in [2.05, 4.69) is 4.98 Å². The SMILES string of the molecule is COc1cc2c(cc1-c1nc(C)c(C(=O)O)s1)OC(C)C2. The van der Waals surface area contributed by atoms with Gasteiger partial charge in [-0.25, -0.2) is 9.78 Å². The first-order valence-corrected chi connectivity index (χ1v) is 7.40. The number of rotatable bonds is 3. The van der Waals surface area contributed by atoms with Crippen LogP contribution >= 0.6 is 11.3 Å². The maximum atomic E-state index is 11.2. The number of ether oxygens (including phenoxy) is 2. The first-order chi connectivity index (χ1) is 9.99. The summed E-state index contributed by atoms with van der Waals surface area (Å²) in [4.78, 5) is 15.8. The molecule has 0 spiro atoms. The molecule has 0 saturated carbocycles. The lowest BCUT2D eigenvalue weighted by Crippen LogP contribution is -2.05. The second-order valence-electron chi connectivity index (χ2n) is 5.03. The van der Waals surface area contributed by atoms with Crippen LogP contribution in [0.25, 0.3) is 10.6 Å². The van der Waals surface area contributed by atoms with Gasteiger partial charge in [0.05, 0.1) is 18.4 Å². The van der Waals surface area contributed by atoms with Gasteiger partial charge < -0.3 is 14.6 Å². The van der Waals surface area contributed by atoms with E-state index in [9.17, 15) is 4.79 Å². The monoisotopic (exact) mass is 305 g/mol. The highest BCUT2D eigenvalue weighted by Gasteiger charge is 2.24. The number of hydrogen-bond acceptors (Lipinski definition) is 5. The molecule has 21 heavy (non-hydrogen) atoms. The van der Waals surface area contributed by atoms with Crippen molar-refractivity contribution in [3.05, 3.63) is 28.3 Å². The summed E-state index contributed by atoms with van der Waals surface area (Å²) in [7, 11) is 1.60. The van der Waals surface area contributed by atoms with E-state index < -0.39 is 5.97 Å². The van der Waals surface area contributed by atoms with Crippen LogP contribution in [0.5, 0.6) is 11.5 Å². The second kappa shape index (κ2) is 5.04. The number of thiazole rings is 1. The zero-order valence-electron chi connectivity index (χ0n) is 12.0. The predicted octanol–water partition coefficient (Wildman–Crippen LogP) is 3.15. The molecule has 0 radical (unpaired) electrons. The Morgan fingerprint density at radius 1 is 1.52 bits per heavy atom. The number of benzene rings is 1. The molecule has 1 aliphatic heterocycles. The molecule has 0 aliphatic carbocycles. The molecule has 0 saturated heterocycles. The average molecular weight is 305 g/mol. The highest BCUT2D eigenvalue weighted by Crippen LogP contribution is 2.41.